The lowest BCUT2D eigenvalue weighted by atomic mass is 9.90. The van der Waals surface area contributed by atoms with Gasteiger partial charge in [-0.1, -0.05) is 30.3 Å². The second-order valence-corrected chi connectivity index (χ2v) is 4.25. The van der Waals surface area contributed by atoms with E-state index in [0.29, 0.717) is 6.54 Å². The van der Waals surface area contributed by atoms with Gasteiger partial charge in [0, 0.05) is 19.6 Å². The fourth-order valence-corrected chi connectivity index (χ4v) is 2.15. The zero-order chi connectivity index (χ0) is 12.1. The molecule has 1 aliphatic heterocycles. The van der Waals surface area contributed by atoms with Crippen molar-refractivity contribution in [3.05, 3.63) is 48.0 Å². The molecule has 0 aromatic heterocycles. The van der Waals surface area contributed by atoms with Crippen LogP contribution >= 0.6 is 0 Å². The minimum Gasteiger partial charge on any atom is -0.355 e. The molecule has 1 amide bonds. The molecule has 1 aromatic carbocycles. The average molecular weight is 230 g/mol. The lowest BCUT2D eigenvalue weighted by Crippen LogP contribution is -2.39. The van der Waals surface area contributed by atoms with E-state index in [1.807, 2.05) is 24.3 Å². The number of carbonyl (C=O) groups is 1. The van der Waals surface area contributed by atoms with E-state index >= 15 is 0 Å². The summed E-state index contributed by atoms with van der Waals surface area (Å²) in [6.45, 7) is 5.88. The molecule has 3 nitrogen and oxygen atoms in total. The van der Waals surface area contributed by atoms with Gasteiger partial charge in [0.2, 0.25) is 5.91 Å². The van der Waals surface area contributed by atoms with E-state index in [1.165, 1.54) is 5.56 Å². The number of amides is 1. The molecular weight excluding hydrogens is 212 g/mol. The second-order valence-electron chi connectivity index (χ2n) is 4.25. The van der Waals surface area contributed by atoms with Gasteiger partial charge in [-0.05, 0) is 17.5 Å². The van der Waals surface area contributed by atoms with Crippen molar-refractivity contribution in [2.45, 2.75) is 18.9 Å². The normalized spacial score (nSPS) is 18.2. The third-order valence-corrected chi connectivity index (χ3v) is 3.06. The summed E-state index contributed by atoms with van der Waals surface area (Å²) in [7, 11) is 0. The molecule has 0 aliphatic carbocycles. The molecule has 0 saturated heterocycles. The van der Waals surface area contributed by atoms with Gasteiger partial charge in [0.1, 0.15) is 0 Å². The number of carbonyl (C=O) groups excluding carboxylic acids is 1. The first-order chi connectivity index (χ1) is 8.33. The van der Waals surface area contributed by atoms with E-state index in [4.69, 9.17) is 0 Å². The van der Waals surface area contributed by atoms with Crippen molar-refractivity contribution < 1.29 is 4.79 Å². The van der Waals surface area contributed by atoms with Crippen LogP contribution in [0.3, 0.4) is 0 Å². The highest BCUT2D eigenvalue weighted by Crippen LogP contribution is 2.23. The van der Waals surface area contributed by atoms with Crippen molar-refractivity contribution in [1.82, 2.24) is 10.6 Å². The smallest absolute Gasteiger partial charge is 0.228 e. The van der Waals surface area contributed by atoms with Crippen LogP contribution in [0.2, 0.25) is 0 Å². The van der Waals surface area contributed by atoms with Crippen molar-refractivity contribution in [3.63, 3.8) is 0 Å². The predicted octanol–water partition coefficient (Wildman–Crippen LogP) is 1.57. The van der Waals surface area contributed by atoms with Crippen LogP contribution in [0.25, 0.3) is 0 Å². The van der Waals surface area contributed by atoms with Gasteiger partial charge in [0.05, 0.1) is 5.92 Å². The number of fused-ring (bicyclic) bond motifs is 1. The monoisotopic (exact) mass is 230 g/mol. The molecule has 1 aliphatic rings. The van der Waals surface area contributed by atoms with E-state index in [2.05, 4.69) is 23.3 Å². The first kappa shape index (κ1) is 11.9. The zero-order valence-corrected chi connectivity index (χ0v) is 9.91. The summed E-state index contributed by atoms with van der Waals surface area (Å²) in [5.41, 5.74) is 2.38. The van der Waals surface area contributed by atoms with Crippen LogP contribution in [0.15, 0.2) is 36.9 Å². The van der Waals surface area contributed by atoms with Gasteiger partial charge in [-0.25, -0.2) is 0 Å². The molecule has 0 fully saturated rings. The first-order valence-corrected chi connectivity index (χ1v) is 6.00. The minimum absolute atomic E-state index is 0.0650. The topological polar surface area (TPSA) is 41.1 Å². The molecule has 1 atom stereocenters. The van der Waals surface area contributed by atoms with Crippen molar-refractivity contribution in [2.75, 3.05) is 13.1 Å². The highest BCUT2D eigenvalue weighted by Gasteiger charge is 2.25. The molecule has 1 aromatic rings. The maximum absolute atomic E-state index is 12.1. The summed E-state index contributed by atoms with van der Waals surface area (Å²) in [5.74, 6) is 0.0382. The molecule has 1 heterocycles. The molecule has 90 valence electrons. The van der Waals surface area contributed by atoms with E-state index in [1.54, 1.807) is 0 Å². The van der Waals surface area contributed by atoms with Crippen LogP contribution in [0.4, 0.5) is 0 Å². The molecule has 0 spiro atoms. The maximum Gasteiger partial charge on any atom is 0.228 e. The maximum atomic E-state index is 12.1. The van der Waals surface area contributed by atoms with Gasteiger partial charge in [0.15, 0.2) is 0 Å². The first-order valence-electron chi connectivity index (χ1n) is 6.00. The zero-order valence-electron chi connectivity index (χ0n) is 9.91. The molecule has 0 radical (unpaired) electrons. The quantitative estimate of drug-likeness (QED) is 0.609. The third-order valence-electron chi connectivity index (χ3n) is 3.06. The van der Waals surface area contributed by atoms with E-state index in [9.17, 15) is 4.79 Å². The summed E-state index contributed by atoms with van der Waals surface area (Å²) in [6, 6.07) is 8.13. The number of hydrogen-bond donors (Lipinski definition) is 2. The van der Waals surface area contributed by atoms with Crippen molar-refractivity contribution >= 4 is 5.91 Å². The Kier molecular flexibility index (Phi) is 3.94. The Hall–Kier alpha value is -1.61. The molecule has 1 unspecified atom stereocenters. The molecule has 17 heavy (non-hydrogen) atoms. The molecule has 3 heteroatoms. The summed E-state index contributed by atoms with van der Waals surface area (Å²) >= 11 is 0. The third kappa shape index (κ3) is 2.74. The number of benzene rings is 1. The van der Waals surface area contributed by atoms with Crippen LogP contribution in [-0.4, -0.2) is 19.0 Å². The number of rotatable bonds is 4. The largest absolute Gasteiger partial charge is 0.355 e. The summed E-state index contributed by atoms with van der Waals surface area (Å²) in [5, 5.41) is 6.23. The minimum atomic E-state index is -0.0650. The van der Waals surface area contributed by atoms with Crippen molar-refractivity contribution in [1.29, 1.82) is 0 Å². The van der Waals surface area contributed by atoms with Crippen LogP contribution in [0, 0.1) is 0 Å². The van der Waals surface area contributed by atoms with E-state index in [0.717, 1.165) is 25.1 Å². The Morgan fingerprint density at radius 1 is 1.53 bits per heavy atom. The number of hydrogen-bond acceptors (Lipinski definition) is 2. The van der Waals surface area contributed by atoms with Crippen LogP contribution in [0.5, 0.6) is 0 Å². The number of nitrogens with one attached hydrogen (secondary N) is 2. The lowest BCUT2D eigenvalue weighted by Gasteiger charge is -2.25. The molecule has 0 bridgehead atoms. The van der Waals surface area contributed by atoms with Crippen LogP contribution in [0.1, 0.15) is 23.5 Å². The fraction of sp³-hybridized carbons (Fsp3) is 0.357. The van der Waals surface area contributed by atoms with Gasteiger partial charge >= 0.3 is 0 Å². The van der Waals surface area contributed by atoms with Crippen LogP contribution in [-0.2, 0) is 11.3 Å². The highest BCUT2D eigenvalue weighted by atomic mass is 16.1. The lowest BCUT2D eigenvalue weighted by molar-refractivity contribution is -0.122. The predicted molar refractivity (Wildman–Crippen MR) is 68.7 cm³/mol. The van der Waals surface area contributed by atoms with Gasteiger partial charge in [-0.15, -0.1) is 6.58 Å². The van der Waals surface area contributed by atoms with Crippen molar-refractivity contribution in [2.24, 2.45) is 0 Å². The van der Waals surface area contributed by atoms with Gasteiger partial charge in [0.25, 0.3) is 0 Å². The summed E-state index contributed by atoms with van der Waals surface area (Å²) in [4.78, 5) is 12.1. The highest BCUT2D eigenvalue weighted by molar-refractivity contribution is 5.84. The second kappa shape index (κ2) is 5.64. The molecular formula is C14H18N2O. The molecule has 2 rings (SSSR count). The van der Waals surface area contributed by atoms with E-state index in [-0.39, 0.29) is 11.8 Å². The molecule has 2 N–H and O–H groups in total. The van der Waals surface area contributed by atoms with Crippen LogP contribution < -0.4 is 10.6 Å². The van der Waals surface area contributed by atoms with E-state index < -0.39 is 0 Å². The fourth-order valence-electron chi connectivity index (χ4n) is 2.15. The summed E-state index contributed by atoms with van der Waals surface area (Å²) < 4.78 is 0. The van der Waals surface area contributed by atoms with Gasteiger partial charge < -0.3 is 10.6 Å². The average Bonchev–Trinajstić information content (AvgIpc) is 2.38. The van der Waals surface area contributed by atoms with Crippen molar-refractivity contribution in [3.8, 4) is 0 Å². The Morgan fingerprint density at radius 2 is 2.35 bits per heavy atom. The summed E-state index contributed by atoms with van der Waals surface area (Å²) in [6.07, 6.45) is 2.63. The molecule has 0 saturated carbocycles. The SMILES string of the molecule is C=CCCNC(=O)C1CNCc2ccccc21. The standard InChI is InChI=1S/C14H18N2O/c1-2-3-8-16-14(17)13-10-15-9-11-6-4-5-7-12(11)13/h2,4-7,13,15H,1,3,8-10H2,(H,16,17). The Morgan fingerprint density at radius 3 is 3.18 bits per heavy atom. The Labute approximate surface area is 102 Å². The van der Waals surface area contributed by atoms with Gasteiger partial charge in [-0.2, -0.15) is 0 Å². The Bertz CT molecular complexity index is 414. The van der Waals surface area contributed by atoms with Gasteiger partial charge in [-0.3, -0.25) is 4.79 Å². The Balaban J connectivity index is 2.07.